The van der Waals surface area contributed by atoms with Crippen LogP contribution in [-0.2, 0) is 16.6 Å². The number of carbonyl (C=O) groups is 1. The number of pyridine rings is 1. The lowest BCUT2D eigenvalue weighted by atomic mass is 9.88. The van der Waals surface area contributed by atoms with Gasteiger partial charge >= 0.3 is 0 Å². The molecule has 1 fully saturated rings. The SMILES string of the molecule is O=C(Cc1cccc(-c2cc(Cl)cc(Cl)c2)n1)C1(c2ccc3c(c2)OCO3)CC1. The summed E-state index contributed by atoms with van der Waals surface area (Å²) in [6.45, 7) is 0.226. The Morgan fingerprint density at radius 2 is 1.72 bits per heavy atom. The van der Waals surface area contributed by atoms with E-state index in [2.05, 4.69) is 4.98 Å². The first kappa shape index (κ1) is 18.5. The molecule has 6 heteroatoms. The van der Waals surface area contributed by atoms with Gasteiger partial charge in [0, 0.05) is 27.7 Å². The molecule has 1 aromatic heterocycles. The summed E-state index contributed by atoms with van der Waals surface area (Å²) in [7, 11) is 0. The topological polar surface area (TPSA) is 48.4 Å². The Morgan fingerprint density at radius 3 is 2.48 bits per heavy atom. The molecule has 1 saturated carbocycles. The molecular formula is C23H17Cl2NO3. The number of fused-ring (bicyclic) bond motifs is 1. The largest absolute Gasteiger partial charge is 0.454 e. The van der Waals surface area contributed by atoms with E-state index in [1.54, 1.807) is 6.07 Å². The van der Waals surface area contributed by atoms with E-state index in [9.17, 15) is 4.79 Å². The van der Waals surface area contributed by atoms with E-state index in [1.807, 2.05) is 48.5 Å². The van der Waals surface area contributed by atoms with Crippen molar-refractivity contribution in [2.75, 3.05) is 6.79 Å². The van der Waals surface area contributed by atoms with Crippen LogP contribution in [0.5, 0.6) is 11.5 Å². The number of hydrogen-bond acceptors (Lipinski definition) is 4. The number of benzene rings is 2. The summed E-state index contributed by atoms with van der Waals surface area (Å²) in [6.07, 6.45) is 1.96. The predicted molar refractivity (Wildman–Crippen MR) is 112 cm³/mol. The zero-order valence-electron chi connectivity index (χ0n) is 15.5. The van der Waals surface area contributed by atoms with Crippen molar-refractivity contribution in [2.24, 2.45) is 0 Å². The Balaban J connectivity index is 1.40. The molecule has 29 heavy (non-hydrogen) atoms. The summed E-state index contributed by atoms with van der Waals surface area (Å²) in [6, 6.07) is 16.8. The van der Waals surface area contributed by atoms with Crippen LogP contribution < -0.4 is 9.47 Å². The summed E-state index contributed by atoms with van der Waals surface area (Å²) >= 11 is 12.2. The van der Waals surface area contributed by atoms with Crippen molar-refractivity contribution in [1.82, 2.24) is 4.98 Å². The summed E-state index contributed by atoms with van der Waals surface area (Å²) < 4.78 is 10.9. The van der Waals surface area contributed by atoms with Gasteiger partial charge < -0.3 is 9.47 Å². The second-order valence-corrected chi connectivity index (χ2v) is 8.30. The van der Waals surface area contributed by atoms with Gasteiger partial charge in [-0.05, 0) is 60.9 Å². The minimum atomic E-state index is -0.446. The molecule has 2 heterocycles. The fourth-order valence-corrected chi connectivity index (χ4v) is 4.35. The number of ketones is 1. The molecule has 2 aromatic carbocycles. The number of ether oxygens (including phenoxy) is 2. The molecular weight excluding hydrogens is 409 g/mol. The Kier molecular flexibility index (Phi) is 4.49. The van der Waals surface area contributed by atoms with E-state index >= 15 is 0 Å². The average molecular weight is 426 g/mol. The molecule has 0 atom stereocenters. The van der Waals surface area contributed by atoms with Gasteiger partial charge in [-0.2, -0.15) is 0 Å². The minimum absolute atomic E-state index is 0.171. The van der Waals surface area contributed by atoms with Crippen molar-refractivity contribution in [3.8, 4) is 22.8 Å². The molecule has 1 aliphatic heterocycles. The molecule has 2 aliphatic rings. The first-order chi connectivity index (χ1) is 14.0. The molecule has 5 rings (SSSR count). The van der Waals surface area contributed by atoms with Crippen LogP contribution in [0.1, 0.15) is 24.1 Å². The minimum Gasteiger partial charge on any atom is -0.454 e. The number of rotatable bonds is 5. The van der Waals surface area contributed by atoms with Crippen LogP contribution in [0.25, 0.3) is 11.3 Å². The zero-order valence-corrected chi connectivity index (χ0v) is 17.0. The van der Waals surface area contributed by atoms with Crippen molar-refractivity contribution in [2.45, 2.75) is 24.7 Å². The van der Waals surface area contributed by atoms with Crippen LogP contribution in [0.15, 0.2) is 54.6 Å². The van der Waals surface area contributed by atoms with Gasteiger partial charge in [-0.15, -0.1) is 0 Å². The summed E-state index contributed by atoms with van der Waals surface area (Å²) in [5.41, 5.74) is 2.85. The van der Waals surface area contributed by atoms with Gasteiger partial charge in [-0.3, -0.25) is 9.78 Å². The van der Waals surface area contributed by atoms with Crippen molar-refractivity contribution < 1.29 is 14.3 Å². The zero-order chi connectivity index (χ0) is 20.0. The monoisotopic (exact) mass is 425 g/mol. The maximum absolute atomic E-state index is 13.2. The van der Waals surface area contributed by atoms with Gasteiger partial charge in [0.2, 0.25) is 6.79 Å². The second-order valence-electron chi connectivity index (χ2n) is 7.42. The van der Waals surface area contributed by atoms with E-state index in [0.29, 0.717) is 15.8 Å². The van der Waals surface area contributed by atoms with Gasteiger partial charge in [0.05, 0.1) is 11.1 Å². The molecule has 0 N–H and O–H groups in total. The highest BCUT2D eigenvalue weighted by atomic mass is 35.5. The van der Waals surface area contributed by atoms with Gasteiger partial charge in [-0.1, -0.05) is 35.3 Å². The molecule has 3 aromatic rings. The van der Waals surface area contributed by atoms with Crippen LogP contribution >= 0.6 is 23.2 Å². The van der Waals surface area contributed by atoms with Gasteiger partial charge in [0.15, 0.2) is 11.5 Å². The number of Topliss-reactive ketones (excluding diaryl/α,β-unsaturated/α-hetero) is 1. The summed E-state index contributed by atoms with van der Waals surface area (Å²) in [5, 5.41) is 1.10. The van der Waals surface area contributed by atoms with Crippen molar-refractivity contribution in [3.63, 3.8) is 0 Å². The summed E-state index contributed by atoms with van der Waals surface area (Å²) in [4.78, 5) is 17.9. The van der Waals surface area contributed by atoms with E-state index in [0.717, 1.165) is 41.1 Å². The van der Waals surface area contributed by atoms with E-state index < -0.39 is 5.41 Å². The van der Waals surface area contributed by atoms with Crippen LogP contribution in [0.3, 0.4) is 0 Å². The Morgan fingerprint density at radius 1 is 0.966 bits per heavy atom. The maximum atomic E-state index is 13.2. The molecule has 4 nitrogen and oxygen atoms in total. The average Bonchev–Trinajstić information content (AvgIpc) is 3.38. The number of carbonyl (C=O) groups excluding carboxylic acids is 1. The third-order valence-electron chi connectivity index (χ3n) is 5.52. The van der Waals surface area contributed by atoms with Crippen molar-refractivity contribution in [1.29, 1.82) is 0 Å². The standard InChI is InChI=1S/C23H17Cl2NO3/c24-16-8-14(9-17(25)11-16)19-3-1-2-18(26-19)12-22(27)23(6-7-23)15-4-5-20-21(10-15)29-13-28-20/h1-5,8-11H,6-7,12-13H2. The fourth-order valence-electron chi connectivity index (χ4n) is 3.82. The normalized spacial score (nSPS) is 15.9. The quantitative estimate of drug-likeness (QED) is 0.531. The molecule has 0 unspecified atom stereocenters. The Bertz CT molecular complexity index is 1100. The Hall–Kier alpha value is -2.56. The number of halogens is 2. The van der Waals surface area contributed by atoms with Crippen molar-refractivity contribution >= 4 is 29.0 Å². The lowest BCUT2D eigenvalue weighted by Crippen LogP contribution is -2.23. The van der Waals surface area contributed by atoms with Gasteiger partial charge in [0.1, 0.15) is 5.78 Å². The third-order valence-corrected chi connectivity index (χ3v) is 5.95. The van der Waals surface area contributed by atoms with E-state index in [-0.39, 0.29) is 19.0 Å². The van der Waals surface area contributed by atoms with Crippen LogP contribution in [0, 0.1) is 0 Å². The van der Waals surface area contributed by atoms with Crippen LogP contribution in [0.4, 0.5) is 0 Å². The fraction of sp³-hybridized carbons (Fsp3) is 0.217. The molecule has 1 aliphatic carbocycles. The second kappa shape index (κ2) is 7.05. The maximum Gasteiger partial charge on any atom is 0.231 e. The number of aromatic nitrogens is 1. The lowest BCUT2D eigenvalue weighted by Gasteiger charge is -2.15. The molecule has 0 bridgehead atoms. The highest BCUT2D eigenvalue weighted by molar-refractivity contribution is 6.35. The molecule has 0 radical (unpaired) electrons. The molecule has 146 valence electrons. The van der Waals surface area contributed by atoms with Crippen LogP contribution in [-0.4, -0.2) is 17.6 Å². The third kappa shape index (κ3) is 3.47. The highest BCUT2D eigenvalue weighted by Gasteiger charge is 2.50. The Labute approximate surface area is 178 Å². The van der Waals surface area contributed by atoms with Gasteiger partial charge in [-0.25, -0.2) is 0 Å². The van der Waals surface area contributed by atoms with Gasteiger partial charge in [0.25, 0.3) is 0 Å². The lowest BCUT2D eigenvalue weighted by molar-refractivity contribution is -0.120. The van der Waals surface area contributed by atoms with E-state index in [4.69, 9.17) is 32.7 Å². The summed E-state index contributed by atoms with van der Waals surface area (Å²) in [5.74, 6) is 1.61. The molecule has 0 amide bonds. The van der Waals surface area contributed by atoms with Crippen molar-refractivity contribution in [3.05, 3.63) is 75.9 Å². The first-order valence-corrected chi connectivity index (χ1v) is 10.1. The predicted octanol–water partition coefficient (Wildman–Crippen LogP) is 5.63. The smallest absolute Gasteiger partial charge is 0.231 e. The van der Waals surface area contributed by atoms with E-state index in [1.165, 1.54) is 0 Å². The van der Waals surface area contributed by atoms with Crippen LogP contribution in [0.2, 0.25) is 10.0 Å². The first-order valence-electron chi connectivity index (χ1n) is 9.39. The highest BCUT2D eigenvalue weighted by Crippen LogP contribution is 2.51. The molecule has 0 saturated heterocycles. The molecule has 0 spiro atoms. The number of hydrogen-bond donors (Lipinski definition) is 0. The number of nitrogens with zero attached hydrogens (tertiary/aromatic N) is 1.